The molecule has 0 aliphatic carbocycles. The summed E-state index contributed by atoms with van der Waals surface area (Å²) in [6, 6.07) is 7.60. The summed E-state index contributed by atoms with van der Waals surface area (Å²) in [5, 5.41) is 0. The lowest BCUT2D eigenvalue weighted by Crippen LogP contribution is -2.26. The molecule has 0 aromatic heterocycles. The predicted octanol–water partition coefficient (Wildman–Crippen LogP) is 2.75. The van der Waals surface area contributed by atoms with Crippen LogP contribution in [0.2, 0.25) is 0 Å². The molecule has 0 heterocycles. The number of rotatable bonds is 6. The van der Waals surface area contributed by atoms with Gasteiger partial charge in [0.05, 0.1) is 6.61 Å². The molecule has 3 nitrogen and oxygen atoms in total. The first-order chi connectivity index (χ1) is 8.19. The van der Waals surface area contributed by atoms with E-state index >= 15 is 0 Å². The van der Waals surface area contributed by atoms with Gasteiger partial charge in [0.25, 0.3) is 0 Å². The van der Waals surface area contributed by atoms with Gasteiger partial charge in [-0.2, -0.15) is 0 Å². The highest BCUT2D eigenvalue weighted by Crippen LogP contribution is 2.20. The maximum atomic E-state index is 11.4. The van der Waals surface area contributed by atoms with E-state index in [1.165, 1.54) is 0 Å². The quantitative estimate of drug-likeness (QED) is 0.561. The van der Waals surface area contributed by atoms with Gasteiger partial charge in [0.15, 0.2) is 6.10 Å². The van der Waals surface area contributed by atoms with E-state index in [0.29, 0.717) is 18.8 Å². The topological polar surface area (TPSA) is 35.5 Å². The van der Waals surface area contributed by atoms with E-state index in [4.69, 9.17) is 9.47 Å². The van der Waals surface area contributed by atoms with Gasteiger partial charge in [-0.05, 0) is 31.9 Å². The summed E-state index contributed by atoms with van der Waals surface area (Å²) in [5.41, 5.74) is 1.01. The highest BCUT2D eigenvalue weighted by Gasteiger charge is 2.16. The minimum absolute atomic E-state index is 0.346. The summed E-state index contributed by atoms with van der Waals surface area (Å²) < 4.78 is 10.5. The van der Waals surface area contributed by atoms with Crippen LogP contribution in [-0.2, 0) is 16.0 Å². The standard InChI is InChI=1S/C14H18O3/c1-4-8-12-9-6-7-10-13(12)17-11(3)14(15)16-5-2/h4,6-7,9-11H,1,5,8H2,2-3H3/t11-/m1/s1. The van der Waals surface area contributed by atoms with Gasteiger partial charge in [-0.3, -0.25) is 0 Å². The molecule has 1 rings (SSSR count). The minimum Gasteiger partial charge on any atom is -0.479 e. The fourth-order valence-electron chi connectivity index (χ4n) is 1.44. The van der Waals surface area contributed by atoms with Gasteiger partial charge in [-0.15, -0.1) is 6.58 Å². The lowest BCUT2D eigenvalue weighted by molar-refractivity contribution is -0.150. The molecule has 1 atom stereocenters. The van der Waals surface area contributed by atoms with Crippen molar-refractivity contribution in [1.29, 1.82) is 0 Å². The fourth-order valence-corrected chi connectivity index (χ4v) is 1.44. The molecule has 0 bridgehead atoms. The maximum absolute atomic E-state index is 11.4. The first-order valence-electron chi connectivity index (χ1n) is 5.71. The van der Waals surface area contributed by atoms with E-state index in [1.54, 1.807) is 19.9 Å². The van der Waals surface area contributed by atoms with E-state index in [0.717, 1.165) is 5.56 Å². The Morgan fingerprint density at radius 1 is 1.47 bits per heavy atom. The Balaban J connectivity index is 2.73. The number of allylic oxidation sites excluding steroid dienone is 1. The normalized spacial score (nSPS) is 11.6. The van der Waals surface area contributed by atoms with Crippen molar-refractivity contribution in [2.75, 3.05) is 6.61 Å². The van der Waals surface area contributed by atoms with Crippen molar-refractivity contribution in [3.8, 4) is 5.75 Å². The zero-order valence-electron chi connectivity index (χ0n) is 10.3. The number of esters is 1. The molecule has 0 saturated heterocycles. The number of para-hydroxylation sites is 1. The van der Waals surface area contributed by atoms with Crippen molar-refractivity contribution in [2.45, 2.75) is 26.4 Å². The third-order valence-corrected chi connectivity index (χ3v) is 2.26. The van der Waals surface area contributed by atoms with Gasteiger partial charge in [0.1, 0.15) is 5.75 Å². The molecule has 3 heteroatoms. The van der Waals surface area contributed by atoms with Crippen molar-refractivity contribution in [2.24, 2.45) is 0 Å². The van der Waals surface area contributed by atoms with Crippen molar-refractivity contribution in [1.82, 2.24) is 0 Å². The molecular weight excluding hydrogens is 216 g/mol. The van der Waals surface area contributed by atoms with Gasteiger partial charge >= 0.3 is 5.97 Å². The average Bonchev–Trinajstić information content (AvgIpc) is 2.32. The van der Waals surface area contributed by atoms with E-state index in [2.05, 4.69) is 6.58 Å². The van der Waals surface area contributed by atoms with Crippen LogP contribution in [0.4, 0.5) is 0 Å². The number of hydrogen-bond acceptors (Lipinski definition) is 3. The Kier molecular flexibility index (Phi) is 5.27. The largest absolute Gasteiger partial charge is 0.479 e. The molecule has 0 saturated carbocycles. The Morgan fingerprint density at radius 2 is 2.18 bits per heavy atom. The highest BCUT2D eigenvalue weighted by molar-refractivity contribution is 5.74. The molecule has 0 amide bonds. The molecule has 0 spiro atoms. The molecule has 1 aromatic rings. The molecule has 0 radical (unpaired) electrons. The van der Waals surface area contributed by atoms with Crippen LogP contribution in [0, 0.1) is 0 Å². The van der Waals surface area contributed by atoms with Crippen molar-refractivity contribution in [3.63, 3.8) is 0 Å². The second-order valence-corrected chi connectivity index (χ2v) is 3.61. The SMILES string of the molecule is C=CCc1ccccc1O[C@H](C)C(=O)OCC. The molecule has 0 N–H and O–H groups in total. The number of hydrogen-bond donors (Lipinski definition) is 0. The van der Waals surface area contributed by atoms with Gasteiger partial charge in [-0.1, -0.05) is 24.3 Å². The molecule has 17 heavy (non-hydrogen) atoms. The summed E-state index contributed by atoms with van der Waals surface area (Å²) in [4.78, 5) is 11.4. The maximum Gasteiger partial charge on any atom is 0.347 e. The fraction of sp³-hybridized carbons (Fsp3) is 0.357. The Bertz CT molecular complexity index is 385. The van der Waals surface area contributed by atoms with Crippen LogP contribution in [0.5, 0.6) is 5.75 Å². The second kappa shape index (κ2) is 6.74. The number of ether oxygens (including phenoxy) is 2. The van der Waals surface area contributed by atoms with Gasteiger partial charge in [0.2, 0.25) is 0 Å². The van der Waals surface area contributed by atoms with E-state index < -0.39 is 6.10 Å². The summed E-state index contributed by atoms with van der Waals surface area (Å²) in [6.45, 7) is 7.51. The first-order valence-corrected chi connectivity index (χ1v) is 5.71. The number of carbonyl (C=O) groups is 1. The Labute approximate surface area is 102 Å². The Hall–Kier alpha value is -1.77. The smallest absolute Gasteiger partial charge is 0.347 e. The predicted molar refractivity (Wildman–Crippen MR) is 67.1 cm³/mol. The third kappa shape index (κ3) is 3.94. The average molecular weight is 234 g/mol. The minimum atomic E-state index is -0.596. The van der Waals surface area contributed by atoms with Gasteiger partial charge in [-0.25, -0.2) is 4.79 Å². The lowest BCUT2D eigenvalue weighted by Gasteiger charge is -2.15. The Morgan fingerprint density at radius 3 is 2.82 bits per heavy atom. The van der Waals surface area contributed by atoms with Crippen molar-refractivity contribution < 1.29 is 14.3 Å². The van der Waals surface area contributed by atoms with E-state index in [-0.39, 0.29) is 5.97 Å². The molecule has 0 fully saturated rings. The van der Waals surface area contributed by atoms with Gasteiger partial charge < -0.3 is 9.47 Å². The molecule has 1 aromatic carbocycles. The first kappa shape index (κ1) is 13.3. The van der Waals surface area contributed by atoms with Crippen LogP contribution >= 0.6 is 0 Å². The molecular formula is C14H18O3. The summed E-state index contributed by atoms with van der Waals surface area (Å²) in [5.74, 6) is 0.355. The van der Waals surface area contributed by atoms with Crippen LogP contribution in [0.25, 0.3) is 0 Å². The zero-order chi connectivity index (χ0) is 12.7. The highest BCUT2D eigenvalue weighted by atomic mass is 16.6. The van der Waals surface area contributed by atoms with Crippen LogP contribution in [0.1, 0.15) is 19.4 Å². The van der Waals surface area contributed by atoms with Crippen LogP contribution in [0.3, 0.4) is 0 Å². The summed E-state index contributed by atoms with van der Waals surface area (Å²) >= 11 is 0. The number of benzene rings is 1. The van der Waals surface area contributed by atoms with Gasteiger partial charge in [0, 0.05) is 0 Å². The second-order valence-electron chi connectivity index (χ2n) is 3.61. The van der Waals surface area contributed by atoms with E-state index in [1.807, 2.05) is 24.3 Å². The zero-order valence-corrected chi connectivity index (χ0v) is 10.3. The molecule has 0 aliphatic heterocycles. The molecule has 0 aliphatic rings. The monoisotopic (exact) mass is 234 g/mol. The van der Waals surface area contributed by atoms with Crippen LogP contribution in [-0.4, -0.2) is 18.7 Å². The number of carbonyl (C=O) groups excluding carboxylic acids is 1. The molecule has 0 unspecified atom stereocenters. The van der Waals surface area contributed by atoms with Crippen molar-refractivity contribution in [3.05, 3.63) is 42.5 Å². The van der Waals surface area contributed by atoms with E-state index in [9.17, 15) is 4.79 Å². The lowest BCUT2D eigenvalue weighted by atomic mass is 10.1. The summed E-state index contributed by atoms with van der Waals surface area (Å²) in [7, 11) is 0. The molecule has 92 valence electrons. The third-order valence-electron chi connectivity index (χ3n) is 2.26. The van der Waals surface area contributed by atoms with Crippen LogP contribution in [0.15, 0.2) is 36.9 Å². The van der Waals surface area contributed by atoms with Crippen LogP contribution < -0.4 is 4.74 Å². The van der Waals surface area contributed by atoms with Crippen molar-refractivity contribution >= 4 is 5.97 Å². The summed E-state index contributed by atoms with van der Waals surface area (Å²) in [6.07, 6.45) is 1.92.